The molecule has 4 heterocycles. The van der Waals surface area contributed by atoms with E-state index in [1.807, 2.05) is 0 Å². The van der Waals surface area contributed by atoms with Crippen molar-refractivity contribution in [3.05, 3.63) is 0 Å². The van der Waals surface area contributed by atoms with Gasteiger partial charge < -0.3 is 9.47 Å². The number of ether oxygens (including phenoxy) is 2. The van der Waals surface area contributed by atoms with E-state index in [0.717, 1.165) is 58.7 Å². The molecule has 3 atom stereocenters. The van der Waals surface area contributed by atoms with Gasteiger partial charge in [-0.05, 0) is 31.1 Å². The molecule has 0 bridgehead atoms. The molecule has 0 radical (unpaired) electrons. The molecule has 6 nitrogen and oxygen atoms in total. The molecule has 0 spiro atoms. The highest BCUT2D eigenvalue weighted by atomic mass is 16.7. The monoisotopic (exact) mass is 310 g/mol. The summed E-state index contributed by atoms with van der Waals surface area (Å²) in [4.78, 5) is 20.7. The fourth-order valence-electron chi connectivity index (χ4n) is 4.44. The molecule has 22 heavy (non-hydrogen) atoms. The third-order valence-electron chi connectivity index (χ3n) is 5.69. The van der Waals surface area contributed by atoms with Gasteiger partial charge in [-0.3, -0.25) is 14.5 Å². The SMILES string of the molecule is O=C([C@H]1COC[C@H]2CN(C3CCOCC3)C[C@H]21)N1CCCO1. The van der Waals surface area contributed by atoms with Crippen molar-refractivity contribution < 1.29 is 19.1 Å². The van der Waals surface area contributed by atoms with Gasteiger partial charge in [-0.25, -0.2) is 5.06 Å². The zero-order valence-corrected chi connectivity index (χ0v) is 13.1. The fraction of sp³-hybridized carbons (Fsp3) is 0.938. The Morgan fingerprint density at radius 2 is 1.86 bits per heavy atom. The molecule has 6 heteroatoms. The van der Waals surface area contributed by atoms with Crippen molar-refractivity contribution >= 4 is 5.91 Å². The molecule has 0 aliphatic carbocycles. The highest BCUT2D eigenvalue weighted by Gasteiger charge is 2.47. The maximum atomic E-state index is 12.7. The van der Waals surface area contributed by atoms with E-state index in [2.05, 4.69) is 4.90 Å². The number of fused-ring (bicyclic) bond motifs is 1. The van der Waals surface area contributed by atoms with Crippen LogP contribution in [0.1, 0.15) is 19.3 Å². The van der Waals surface area contributed by atoms with E-state index in [0.29, 0.717) is 31.1 Å². The standard InChI is InChI=1S/C16H26N2O4/c19-16(18-4-1-5-22-18)15-11-21-10-12-8-17(9-14(12)15)13-2-6-20-7-3-13/h12-15H,1-11H2/t12-,14-,15+/m1/s1. The third-order valence-corrected chi connectivity index (χ3v) is 5.69. The van der Waals surface area contributed by atoms with Crippen LogP contribution in [0.25, 0.3) is 0 Å². The van der Waals surface area contributed by atoms with Gasteiger partial charge in [-0.1, -0.05) is 0 Å². The maximum Gasteiger partial charge on any atom is 0.251 e. The Hall–Kier alpha value is -0.690. The second-order valence-corrected chi connectivity index (χ2v) is 6.99. The summed E-state index contributed by atoms with van der Waals surface area (Å²) in [7, 11) is 0. The van der Waals surface area contributed by atoms with Crippen LogP contribution in [0.3, 0.4) is 0 Å². The van der Waals surface area contributed by atoms with Gasteiger partial charge in [0, 0.05) is 32.3 Å². The average molecular weight is 310 g/mol. The van der Waals surface area contributed by atoms with Crippen LogP contribution in [-0.4, -0.2) is 74.6 Å². The molecule has 4 aliphatic rings. The molecular weight excluding hydrogens is 284 g/mol. The molecule has 0 saturated carbocycles. The highest BCUT2D eigenvalue weighted by Crippen LogP contribution is 2.37. The molecular formula is C16H26N2O4. The van der Waals surface area contributed by atoms with Crippen LogP contribution in [0.4, 0.5) is 0 Å². The summed E-state index contributed by atoms with van der Waals surface area (Å²) in [5, 5.41) is 1.58. The quantitative estimate of drug-likeness (QED) is 0.744. The molecule has 4 rings (SSSR count). The minimum atomic E-state index is -0.0262. The van der Waals surface area contributed by atoms with Crippen LogP contribution in [0.5, 0.6) is 0 Å². The van der Waals surface area contributed by atoms with Crippen molar-refractivity contribution in [1.82, 2.24) is 9.96 Å². The Labute approximate surface area is 131 Å². The zero-order valence-electron chi connectivity index (χ0n) is 13.1. The van der Waals surface area contributed by atoms with Crippen LogP contribution >= 0.6 is 0 Å². The minimum absolute atomic E-state index is 0.0262. The Kier molecular flexibility index (Phi) is 4.35. The largest absolute Gasteiger partial charge is 0.381 e. The van der Waals surface area contributed by atoms with Gasteiger partial charge in [0.2, 0.25) is 0 Å². The molecule has 0 N–H and O–H groups in total. The Balaban J connectivity index is 1.43. The first kappa shape index (κ1) is 14.9. The van der Waals surface area contributed by atoms with Gasteiger partial charge in [0.25, 0.3) is 5.91 Å². The Bertz CT molecular complexity index is 407. The number of rotatable bonds is 2. The second kappa shape index (κ2) is 6.43. The average Bonchev–Trinajstić information content (AvgIpc) is 3.24. The first-order valence-electron chi connectivity index (χ1n) is 8.67. The number of likely N-dealkylation sites (tertiary alicyclic amines) is 1. The van der Waals surface area contributed by atoms with Crippen LogP contribution in [0.15, 0.2) is 0 Å². The van der Waals surface area contributed by atoms with Crippen molar-refractivity contribution in [2.45, 2.75) is 25.3 Å². The second-order valence-electron chi connectivity index (χ2n) is 6.99. The van der Waals surface area contributed by atoms with Gasteiger partial charge in [0.15, 0.2) is 0 Å². The number of nitrogens with zero attached hydrogens (tertiary/aromatic N) is 2. The smallest absolute Gasteiger partial charge is 0.251 e. The third kappa shape index (κ3) is 2.77. The lowest BCUT2D eigenvalue weighted by Crippen LogP contribution is -2.45. The number of amides is 1. The Morgan fingerprint density at radius 1 is 1.00 bits per heavy atom. The van der Waals surface area contributed by atoms with Crippen LogP contribution in [-0.2, 0) is 19.1 Å². The lowest BCUT2D eigenvalue weighted by molar-refractivity contribution is -0.181. The van der Waals surface area contributed by atoms with Gasteiger partial charge in [0.1, 0.15) is 0 Å². The van der Waals surface area contributed by atoms with E-state index in [1.165, 1.54) is 0 Å². The van der Waals surface area contributed by atoms with E-state index in [-0.39, 0.29) is 11.8 Å². The summed E-state index contributed by atoms with van der Waals surface area (Å²) < 4.78 is 11.2. The maximum absolute atomic E-state index is 12.7. The van der Waals surface area contributed by atoms with Crippen molar-refractivity contribution in [1.29, 1.82) is 0 Å². The molecule has 0 aromatic carbocycles. The number of carbonyl (C=O) groups is 1. The first-order valence-corrected chi connectivity index (χ1v) is 8.67. The molecule has 4 fully saturated rings. The number of hydroxylamine groups is 2. The minimum Gasteiger partial charge on any atom is -0.381 e. The predicted molar refractivity (Wildman–Crippen MR) is 79.0 cm³/mol. The molecule has 0 aromatic heterocycles. The van der Waals surface area contributed by atoms with Crippen molar-refractivity contribution in [3.63, 3.8) is 0 Å². The molecule has 4 saturated heterocycles. The lowest BCUT2D eigenvalue weighted by Gasteiger charge is -2.34. The highest BCUT2D eigenvalue weighted by molar-refractivity contribution is 5.78. The summed E-state index contributed by atoms with van der Waals surface area (Å²) >= 11 is 0. The summed E-state index contributed by atoms with van der Waals surface area (Å²) in [5.41, 5.74) is 0. The Morgan fingerprint density at radius 3 is 2.64 bits per heavy atom. The predicted octanol–water partition coefficient (Wildman–Crippen LogP) is 0.524. The van der Waals surface area contributed by atoms with Crippen LogP contribution < -0.4 is 0 Å². The summed E-state index contributed by atoms with van der Waals surface area (Å²) in [6, 6.07) is 0.623. The summed E-state index contributed by atoms with van der Waals surface area (Å²) in [6.45, 7) is 6.60. The normalized spacial score (nSPS) is 37.5. The molecule has 1 amide bonds. The van der Waals surface area contributed by atoms with Gasteiger partial charge >= 0.3 is 0 Å². The van der Waals surface area contributed by atoms with Gasteiger partial charge in [-0.15, -0.1) is 0 Å². The van der Waals surface area contributed by atoms with E-state index in [4.69, 9.17) is 14.3 Å². The zero-order chi connectivity index (χ0) is 14.9. The fourth-order valence-corrected chi connectivity index (χ4v) is 4.44. The first-order chi connectivity index (χ1) is 10.8. The van der Waals surface area contributed by atoms with E-state index in [1.54, 1.807) is 5.06 Å². The van der Waals surface area contributed by atoms with Gasteiger partial charge in [-0.2, -0.15) is 0 Å². The van der Waals surface area contributed by atoms with Crippen molar-refractivity contribution in [3.8, 4) is 0 Å². The van der Waals surface area contributed by atoms with E-state index < -0.39 is 0 Å². The van der Waals surface area contributed by atoms with Gasteiger partial charge in [0.05, 0.1) is 32.3 Å². The van der Waals surface area contributed by atoms with E-state index >= 15 is 0 Å². The number of hydrogen-bond acceptors (Lipinski definition) is 5. The lowest BCUT2D eigenvalue weighted by atomic mass is 9.82. The molecule has 0 unspecified atom stereocenters. The van der Waals surface area contributed by atoms with Crippen LogP contribution in [0.2, 0.25) is 0 Å². The van der Waals surface area contributed by atoms with Crippen molar-refractivity contribution in [2.24, 2.45) is 17.8 Å². The summed E-state index contributed by atoms with van der Waals surface area (Å²) in [5.74, 6) is 1.03. The molecule has 0 aromatic rings. The number of hydrogen-bond donors (Lipinski definition) is 0. The number of carbonyl (C=O) groups excluding carboxylic acids is 1. The molecule has 4 aliphatic heterocycles. The summed E-state index contributed by atoms with van der Waals surface area (Å²) in [6.07, 6.45) is 3.18. The van der Waals surface area contributed by atoms with Crippen molar-refractivity contribution in [2.75, 3.05) is 52.7 Å². The molecule has 124 valence electrons. The van der Waals surface area contributed by atoms with Crippen LogP contribution in [0, 0.1) is 17.8 Å². The topological polar surface area (TPSA) is 51.2 Å². The van der Waals surface area contributed by atoms with E-state index in [9.17, 15) is 4.79 Å².